The molecule has 100 valence electrons. The second-order valence-electron chi connectivity index (χ2n) is 5.55. The van der Waals surface area contributed by atoms with E-state index in [0.29, 0.717) is 0 Å². The summed E-state index contributed by atoms with van der Waals surface area (Å²) in [4.78, 5) is 11.3. The lowest BCUT2D eigenvalue weighted by Crippen LogP contribution is -2.28. The van der Waals surface area contributed by atoms with E-state index < -0.39 is 5.60 Å². The summed E-state index contributed by atoms with van der Waals surface area (Å²) in [7, 11) is 0. The summed E-state index contributed by atoms with van der Waals surface area (Å²) in [5.41, 5.74) is 1.31. The summed E-state index contributed by atoms with van der Waals surface area (Å²) in [5, 5.41) is 10.1. The Balaban J connectivity index is 1.87. The topological polar surface area (TPSA) is 49.2 Å². The molecule has 2 heterocycles. The van der Waals surface area contributed by atoms with Gasteiger partial charge in [-0.1, -0.05) is 12.1 Å². The van der Waals surface area contributed by atoms with Gasteiger partial charge in [-0.3, -0.25) is 4.98 Å². The van der Waals surface area contributed by atoms with E-state index in [1.807, 2.05) is 37.4 Å². The molecule has 0 bridgehead atoms. The van der Waals surface area contributed by atoms with Gasteiger partial charge in [-0.05, 0) is 38.3 Å². The maximum Gasteiger partial charge on any atom is 0.147 e. The Kier molecular flexibility index (Phi) is 3.11. The third-order valence-corrected chi connectivity index (χ3v) is 3.82. The Labute approximate surface area is 113 Å². The molecule has 19 heavy (non-hydrogen) atoms. The average molecular weight is 257 g/mol. The van der Waals surface area contributed by atoms with Crippen LogP contribution in [-0.2, 0) is 0 Å². The number of anilines is 1. The molecule has 0 aliphatic carbocycles. The van der Waals surface area contributed by atoms with E-state index in [4.69, 9.17) is 0 Å². The molecule has 3 rings (SSSR count). The summed E-state index contributed by atoms with van der Waals surface area (Å²) in [6.45, 7) is 3.69. The van der Waals surface area contributed by atoms with Gasteiger partial charge in [0.15, 0.2) is 0 Å². The van der Waals surface area contributed by atoms with Crippen molar-refractivity contribution in [3.63, 3.8) is 0 Å². The van der Waals surface area contributed by atoms with Crippen LogP contribution >= 0.6 is 0 Å². The quantitative estimate of drug-likeness (QED) is 0.852. The molecule has 4 heteroatoms. The first-order valence-electron chi connectivity index (χ1n) is 6.83. The summed E-state index contributed by atoms with van der Waals surface area (Å²) in [6, 6.07) is 7.91. The highest BCUT2D eigenvalue weighted by Gasteiger charge is 2.25. The van der Waals surface area contributed by atoms with Crippen molar-refractivity contribution in [2.24, 2.45) is 0 Å². The van der Waals surface area contributed by atoms with Crippen LogP contribution in [0, 0.1) is 0 Å². The molecule has 1 N–H and O–H groups in total. The highest BCUT2D eigenvalue weighted by molar-refractivity contribution is 5.75. The molecule has 1 aliphatic rings. The van der Waals surface area contributed by atoms with E-state index in [0.717, 1.165) is 49.2 Å². The first kappa shape index (κ1) is 12.4. The van der Waals surface area contributed by atoms with Crippen molar-refractivity contribution in [1.29, 1.82) is 0 Å². The number of nitrogens with zero attached hydrogens (tertiary/aromatic N) is 3. The zero-order valence-electron chi connectivity index (χ0n) is 11.2. The van der Waals surface area contributed by atoms with E-state index in [9.17, 15) is 5.11 Å². The van der Waals surface area contributed by atoms with Gasteiger partial charge in [-0.25, -0.2) is 4.98 Å². The van der Waals surface area contributed by atoms with Gasteiger partial charge < -0.3 is 10.0 Å². The number of hydrogen-bond acceptors (Lipinski definition) is 4. The minimum absolute atomic E-state index is 0.543. The Morgan fingerprint density at radius 1 is 1.16 bits per heavy atom. The first-order valence-corrected chi connectivity index (χ1v) is 6.83. The molecule has 0 radical (unpaired) electrons. The number of hydrogen-bond donors (Lipinski definition) is 1. The van der Waals surface area contributed by atoms with Gasteiger partial charge in [0.2, 0.25) is 0 Å². The predicted octanol–water partition coefficient (Wildman–Crippen LogP) is 2.37. The van der Waals surface area contributed by atoms with Crippen LogP contribution in [0.4, 0.5) is 5.82 Å². The molecule has 4 nitrogen and oxygen atoms in total. The van der Waals surface area contributed by atoms with Gasteiger partial charge >= 0.3 is 0 Å². The maximum absolute atomic E-state index is 10.1. The first-order chi connectivity index (χ1) is 9.14. The van der Waals surface area contributed by atoms with Crippen molar-refractivity contribution < 1.29 is 5.11 Å². The molecule has 0 amide bonds. The Morgan fingerprint density at radius 3 is 2.79 bits per heavy atom. The van der Waals surface area contributed by atoms with Crippen LogP contribution in [0.25, 0.3) is 11.0 Å². The largest absolute Gasteiger partial charge is 0.390 e. The summed E-state index contributed by atoms with van der Waals surface area (Å²) in [5.74, 6) is 0.913. The Bertz CT molecular complexity index is 582. The van der Waals surface area contributed by atoms with Gasteiger partial charge in [0.25, 0.3) is 0 Å². The third kappa shape index (κ3) is 2.68. The van der Waals surface area contributed by atoms with Gasteiger partial charge in [0.05, 0.1) is 22.8 Å². The maximum atomic E-state index is 10.1. The second kappa shape index (κ2) is 4.78. The fraction of sp³-hybridized carbons (Fsp3) is 0.467. The van der Waals surface area contributed by atoms with E-state index in [1.165, 1.54) is 0 Å². The molecule has 0 spiro atoms. The van der Waals surface area contributed by atoms with Gasteiger partial charge in [0, 0.05) is 13.1 Å². The molecule has 1 aliphatic heterocycles. The van der Waals surface area contributed by atoms with Crippen LogP contribution < -0.4 is 4.90 Å². The molecule has 1 unspecified atom stereocenters. The van der Waals surface area contributed by atoms with Crippen LogP contribution in [0.2, 0.25) is 0 Å². The van der Waals surface area contributed by atoms with E-state index in [2.05, 4.69) is 14.9 Å². The Morgan fingerprint density at radius 2 is 1.95 bits per heavy atom. The molecule has 2 aromatic rings. The zero-order chi connectivity index (χ0) is 13.3. The van der Waals surface area contributed by atoms with Crippen molar-refractivity contribution in [3.8, 4) is 0 Å². The van der Waals surface area contributed by atoms with Crippen LogP contribution in [0.1, 0.15) is 26.2 Å². The normalized spacial score (nSPS) is 24.4. The standard InChI is InChI=1S/C15H19N3O/c1-15(19)7-4-9-18(10-8-15)14-11-16-12-5-2-3-6-13(12)17-14/h2-3,5-6,11,19H,4,7-10H2,1H3. The number of rotatable bonds is 1. The molecular weight excluding hydrogens is 238 g/mol. The fourth-order valence-electron chi connectivity index (χ4n) is 2.59. The summed E-state index contributed by atoms with van der Waals surface area (Å²) >= 11 is 0. The molecule has 1 saturated heterocycles. The highest BCUT2D eigenvalue weighted by Crippen LogP contribution is 2.24. The summed E-state index contributed by atoms with van der Waals surface area (Å²) < 4.78 is 0. The second-order valence-corrected chi connectivity index (χ2v) is 5.55. The lowest BCUT2D eigenvalue weighted by atomic mass is 9.98. The van der Waals surface area contributed by atoms with Crippen molar-refractivity contribution in [3.05, 3.63) is 30.5 Å². The number of para-hydroxylation sites is 2. The SMILES string of the molecule is CC1(O)CCCN(c2cnc3ccccc3n2)CC1. The lowest BCUT2D eigenvalue weighted by Gasteiger charge is -2.23. The molecule has 0 saturated carbocycles. The number of aliphatic hydroxyl groups is 1. The minimum atomic E-state index is -0.543. The zero-order valence-corrected chi connectivity index (χ0v) is 11.2. The van der Waals surface area contributed by atoms with Crippen LogP contribution in [0.3, 0.4) is 0 Å². The number of benzene rings is 1. The van der Waals surface area contributed by atoms with Crippen LogP contribution in [-0.4, -0.2) is 33.8 Å². The highest BCUT2D eigenvalue weighted by atomic mass is 16.3. The minimum Gasteiger partial charge on any atom is -0.390 e. The van der Waals surface area contributed by atoms with Gasteiger partial charge in [-0.15, -0.1) is 0 Å². The Hall–Kier alpha value is -1.68. The molecule has 1 atom stereocenters. The van der Waals surface area contributed by atoms with Crippen LogP contribution in [0.15, 0.2) is 30.5 Å². The molecule has 1 aromatic heterocycles. The number of fused-ring (bicyclic) bond motifs is 1. The molecule has 1 fully saturated rings. The van der Waals surface area contributed by atoms with Crippen molar-refractivity contribution in [2.45, 2.75) is 31.8 Å². The van der Waals surface area contributed by atoms with Crippen molar-refractivity contribution in [2.75, 3.05) is 18.0 Å². The molecule has 1 aromatic carbocycles. The average Bonchev–Trinajstić information content (AvgIpc) is 2.59. The van der Waals surface area contributed by atoms with Gasteiger partial charge in [0.1, 0.15) is 5.82 Å². The number of aromatic nitrogens is 2. The van der Waals surface area contributed by atoms with E-state index in [1.54, 1.807) is 0 Å². The smallest absolute Gasteiger partial charge is 0.147 e. The third-order valence-electron chi connectivity index (χ3n) is 3.82. The monoisotopic (exact) mass is 257 g/mol. The van der Waals surface area contributed by atoms with E-state index >= 15 is 0 Å². The van der Waals surface area contributed by atoms with Gasteiger partial charge in [-0.2, -0.15) is 0 Å². The van der Waals surface area contributed by atoms with Crippen molar-refractivity contribution in [1.82, 2.24) is 9.97 Å². The fourth-order valence-corrected chi connectivity index (χ4v) is 2.59. The molecular formula is C15H19N3O. The predicted molar refractivity (Wildman–Crippen MR) is 76.2 cm³/mol. The summed E-state index contributed by atoms with van der Waals surface area (Å²) in [6.07, 6.45) is 4.45. The van der Waals surface area contributed by atoms with Crippen LogP contribution in [0.5, 0.6) is 0 Å². The lowest BCUT2D eigenvalue weighted by molar-refractivity contribution is 0.0481. The van der Waals surface area contributed by atoms with E-state index in [-0.39, 0.29) is 0 Å². The van der Waals surface area contributed by atoms with Crippen molar-refractivity contribution >= 4 is 16.9 Å².